The number of hydrogen-bond donors (Lipinski definition) is 3. The summed E-state index contributed by atoms with van der Waals surface area (Å²) in [5, 5.41) is 11.6. The molecule has 0 radical (unpaired) electrons. The highest BCUT2D eigenvalue weighted by Gasteiger charge is 2.25. The Morgan fingerprint density at radius 3 is 2.50 bits per heavy atom. The van der Waals surface area contributed by atoms with Crippen molar-refractivity contribution in [2.75, 3.05) is 0 Å². The first kappa shape index (κ1) is 13.8. The monoisotopic (exact) mass is 274 g/mol. The van der Waals surface area contributed by atoms with Crippen molar-refractivity contribution >= 4 is 17.8 Å². The molecule has 4 N–H and O–H groups in total. The first-order chi connectivity index (χ1) is 9.47. The Kier molecular flexibility index (Phi) is 3.84. The van der Waals surface area contributed by atoms with Crippen LogP contribution in [0.25, 0.3) is 0 Å². The largest absolute Gasteiger partial charge is 0.481 e. The lowest BCUT2D eigenvalue weighted by Crippen LogP contribution is -2.33. The second kappa shape index (κ2) is 5.56. The maximum Gasteiger partial charge on any atom is 0.310 e. The van der Waals surface area contributed by atoms with Crippen LogP contribution in [0.3, 0.4) is 0 Å². The van der Waals surface area contributed by atoms with E-state index in [1.54, 1.807) is 24.3 Å². The topological polar surface area (TPSA) is 109 Å². The van der Waals surface area contributed by atoms with Gasteiger partial charge in [-0.05, 0) is 24.6 Å². The Bertz CT molecular complexity index is 595. The number of amides is 2. The number of nitrogens with one attached hydrogen (secondary N) is 1. The van der Waals surface area contributed by atoms with Gasteiger partial charge in [0.05, 0.1) is 5.92 Å². The van der Waals surface area contributed by atoms with Crippen LogP contribution < -0.4 is 11.1 Å². The van der Waals surface area contributed by atoms with Crippen molar-refractivity contribution in [3.05, 3.63) is 47.5 Å². The number of carbonyl (C=O) groups excluding carboxylic acids is 2. The van der Waals surface area contributed by atoms with E-state index in [0.29, 0.717) is 12.0 Å². The lowest BCUT2D eigenvalue weighted by atomic mass is 10.1. The standard InChI is InChI=1S/C14H14N2O4/c15-12(17)8-2-1-3-9(6-8)13(18)16-11-5-4-10(7-11)14(19)20/h1-6,10-11H,7H2,(H2,15,17)(H,16,18)(H,19,20). The van der Waals surface area contributed by atoms with Crippen molar-refractivity contribution in [1.82, 2.24) is 5.32 Å². The average molecular weight is 274 g/mol. The van der Waals surface area contributed by atoms with E-state index in [1.807, 2.05) is 0 Å². The van der Waals surface area contributed by atoms with Crippen LogP contribution in [-0.4, -0.2) is 28.9 Å². The fourth-order valence-electron chi connectivity index (χ4n) is 2.05. The Morgan fingerprint density at radius 2 is 1.90 bits per heavy atom. The number of carboxylic acids is 1. The van der Waals surface area contributed by atoms with Crippen LogP contribution in [0.5, 0.6) is 0 Å². The van der Waals surface area contributed by atoms with E-state index in [0.717, 1.165) is 0 Å². The first-order valence-electron chi connectivity index (χ1n) is 6.09. The molecule has 0 saturated carbocycles. The van der Waals surface area contributed by atoms with E-state index in [1.165, 1.54) is 12.1 Å². The zero-order valence-corrected chi connectivity index (χ0v) is 10.6. The molecule has 1 aliphatic carbocycles. The van der Waals surface area contributed by atoms with Gasteiger partial charge in [-0.2, -0.15) is 0 Å². The molecule has 0 spiro atoms. The highest BCUT2D eigenvalue weighted by atomic mass is 16.4. The summed E-state index contributed by atoms with van der Waals surface area (Å²) in [6.45, 7) is 0. The molecule has 2 amide bonds. The number of nitrogens with two attached hydrogens (primary N) is 1. The van der Waals surface area contributed by atoms with Gasteiger partial charge in [0.1, 0.15) is 0 Å². The fraction of sp³-hybridized carbons (Fsp3) is 0.214. The van der Waals surface area contributed by atoms with E-state index in [2.05, 4.69) is 5.32 Å². The van der Waals surface area contributed by atoms with Crippen LogP contribution >= 0.6 is 0 Å². The molecule has 1 aromatic rings. The van der Waals surface area contributed by atoms with Gasteiger partial charge in [0.2, 0.25) is 5.91 Å². The van der Waals surface area contributed by atoms with Crippen molar-refractivity contribution < 1.29 is 19.5 Å². The maximum absolute atomic E-state index is 12.0. The van der Waals surface area contributed by atoms with Gasteiger partial charge in [0.15, 0.2) is 0 Å². The van der Waals surface area contributed by atoms with Crippen molar-refractivity contribution in [3.8, 4) is 0 Å². The molecule has 2 rings (SSSR count). The minimum absolute atomic E-state index is 0.253. The molecule has 6 heteroatoms. The summed E-state index contributed by atoms with van der Waals surface area (Å²) in [4.78, 5) is 33.9. The lowest BCUT2D eigenvalue weighted by Gasteiger charge is -2.12. The van der Waals surface area contributed by atoms with Gasteiger partial charge in [0, 0.05) is 17.2 Å². The van der Waals surface area contributed by atoms with Crippen molar-refractivity contribution in [2.24, 2.45) is 11.7 Å². The normalized spacial score (nSPS) is 20.6. The molecule has 1 aliphatic rings. The zero-order chi connectivity index (χ0) is 14.7. The van der Waals surface area contributed by atoms with E-state index in [9.17, 15) is 14.4 Å². The SMILES string of the molecule is NC(=O)c1cccc(C(=O)NC2C=CC(C(=O)O)C2)c1. The fourth-order valence-corrected chi connectivity index (χ4v) is 2.05. The number of carbonyl (C=O) groups is 3. The van der Waals surface area contributed by atoms with Gasteiger partial charge in [-0.3, -0.25) is 14.4 Å². The predicted molar refractivity (Wildman–Crippen MR) is 71.1 cm³/mol. The van der Waals surface area contributed by atoms with Gasteiger partial charge < -0.3 is 16.2 Å². The molecule has 2 unspecified atom stereocenters. The Balaban J connectivity index is 2.03. The van der Waals surface area contributed by atoms with Gasteiger partial charge in [-0.25, -0.2) is 0 Å². The molecule has 0 aliphatic heterocycles. The van der Waals surface area contributed by atoms with E-state index in [4.69, 9.17) is 10.8 Å². The Morgan fingerprint density at radius 1 is 1.20 bits per heavy atom. The summed E-state index contributed by atoms with van der Waals surface area (Å²) in [5.41, 5.74) is 5.72. The maximum atomic E-state index is 12.0. The molecule has 6 nitrogen and oxygen atoms in total. The second-order valence-electron chi connectivity index (χ2n) is 4.59. The van der Waals surface area contributed by atoms with Crippen LogP contribution in [0.15, 0.2) is 36.4 Å². The highest BCUT2D eigenvalue weighted by molar-refractivity contribution is 5.99. The Labute approximate surface area is 115 Å². The van der Waals surface area contributed by atoms with Crippen molar-refractivity contribution in [3.63, 3.8) is 0 Å². The summed E-state index contributed by atoms with van der Waals surface area (Å²) < 4.78 is 0. The van der Waals surface area contributed by atoms with Gasteiger partial charge in [0.25, 0.3) is 5.91 Å². The van der Waals surface area contributed by atoms with Crippen LogP contribution in [0.1, 0.15) is 27.1 Å². The molecule has 2 atom stereocenters. The molecule has 0 aromatic heterocycles. The van der Waals surface area contributed by atoms with E-state index in [-0.39, 0.29) is 17.5 Å². The molecule has 104 valence electrons. The summed E-state index contributed by atoms with van der Waals surface area (Å²) in [6.07, 6.45) is 3.55. The molecular formula is C14H14N2O4. The number of aliphatic carboxylic acids is 1. The smallest absolute Gasteiger partial charge is 0.310 e. The third kappa shape index (κ3) is 3.03. The number of primary amides is 1. The summed E-state index contributed by atoms with van der Waals surface area (Å²) in [7, 11) is 0. The Hall–Kier alpha value is -2.63. The predicted octanol–water partition coefficient (Wildman–Crippen LogP) is 0.545. The molecule has 0 heterocycles. The zero-order valence-electron chi connectivity index (χ0n) is 10.6. The number of rotatable bonds is 4. The molecule has 0 bridgehead atoms. The minimum Gasteiger partial charge on any atom is -0.481 e. The van der Waals surface area contributed by atoms with Crippen molar-refractivity contribution in [2.45, 2.75) is 12.5 Å². The first-order valence-corrected chi connectivity index (χ1v) is 6.09. The molecule has 0 fully saturated rings. The number of carboxylic acid groups (broad SMARTS) is 1. The summed E-state index contributed by atoms with van der Waals surface area (Å²) >= 11 is 0. The quantitative estimate of drug-likeness (QED) is 0.696. The highest BCUT2D eigenvalue weighted by Crippen LogP contribution is 2.18. The van der Waals surface area contributed by atoms with Crippen LogP contribution in [0.2, 0.25) is 0 Å². The van der Waals surface area contributed by atoms with E-state index < -0.39 is 17.8 Å². The van der Waals surface area contributed by atoms with Crippen LogP contribution in [0, 0.1) is 5.92 Å². The number of hydrogen-bond acceptors (Lipinski definition) is 3. The average Bonchev–Trinajstić information content (AvgIpc) is 2.87. The molecule has 20 heavy (non-hydrogen) atoms. The van der Waals surface area contributed by atoms with Gasteiger partial charge in [-0.15, -0.1) is 0 Å². The van der Waals surface area contributed by atoms with Crippen molar-refractivity contribution in [1.29, 1.82) is 0 Å². The third-order valence-corrected chi connectivity index (χ3v) is 3.13. The molecule has 1 aromatic carbocycles. The number of benzene rings is 1. The third-order valence-electron chi connectivity index (χ3n) is 3.13. The second-order valence-corrected chi connectivity index (χ2v) is 4.59. The van der Waals surface area contributed by atoms with E-state index >= 15 is 0 Å². The summed E-state index contributed by atoms with van der Waals surface area (Å²) in [6, 6.07) is 5.75. The van der Waals surface area contributed by atoms with Crippen LogP contribution in [-0.2, 0) is 4.79 Å². The lowest BCUT2D eigenvalue weighted by molar-refractivity contribution is -0.140. The molecule has 0 saturated heterocycles. The van der Waals surface area contributed by atoms with Gasteiger partial charge >= 0.3 is 5.97 Å². The summed E-state index contributed by atoms with van der Waals surface area (Å²) in [5.74, 6) is -2.45. The van der Waals surface area contributed by atoms with Crippen LogP contribution in [0.4, 0.5) is 0 Å². The molecular weight excluding hydrogens is 260 g/mol. The van der Waals surface area contributed by atoms with Gasteiger partial charge in [-0.1, -0.05) is 18.2 Å². The minimum atomic E-state index is -0.909.